The summed E-state index contributed by atoms with van der Waals surface area (Å²) in [6.45, 7) is 8.49. The highest BCUT2D eigenvalue weighted by atomic mass is 16.5. The highest BCUT2D eigenvalue weighted by Crippen LogP contribution is 2.33. The number of benzene rings is 2. The van der Waals surface area contributed by atoms with Gasteiger partial charge in [-0.25, -0.2) is 19.6 Å². The van der Waals surface area contributed by atoms with Crippen LogP contribution in [-0.2, 0) is 14.2 Å². The van der Waals surface area contributed by atoms with Crippen molar-refractivity contribution in [2.45, 2.75) is 13.8 Å². The number of amides is 3. The first kappa shape index (κ1) is 30.7. The number of hydrogen-bond acceptors (Lipinski definition) is 10. The standard InChI is InChI=1S/C31H36N6O7/c1-3-43-26-25(30(39)44-4-2)34-27(35-28(26)36-13-17-41-18-14-36)21-5-9-23(10-6-21)32-31(40)33-24-11-7-22(8-12-24)29(38)37-15-19-42-20-16-37/h5-12H,3-4,13-20H2,1-2H3,(H2,32,33,40). The molecule has 0 radical (unpaired) electrons. The van der Waals surface area contributed by atoms with Gasteiger partial charge in [-0.05, 0) is 62.4 Å². The van der Waals surface area contributed by atoms with Crippen LogP contribution in [-0.4, -0.2) is 98.6 Å². The summed E-state index contributed by atoms with van der Waals surface area (Å²) in [6.07, 6.45) is 0. The first-order valence-electron chi connectivity index (χ1n) is 14.7. The van der Waals surface area contributed by atoms with Crippen LogP contribution < -0.4 is 20.3 Å². The molecule has 13 nitrogen and oxygen atoms in total. The lowest BCUT2D eigenvalue weighted by Crippen LogP contribution is -2.40. The highest BCUT2D eigenvalue weighted by Gasteiger charge is 2.27. The van der Waals surface area contributed by atoms with Crippen molar-refractivity contribution in [3.63, 3.8) is 0 Å². The molecule has 13 heteroatoms. The van der Waals surface area contributed by atoms with E-state index < -0.39 is 12.0 Å². The average Bonchev–Trinajstić information content (AvgIpc) is 3.06. The molecule has 0 unspecified atom stereocenters. The summed E-state index contributed by atoms with van der Waals surface area (Å²) in [4.78, 5) is 51.3. The fraction of sp³-hybridized carbons (Fsp3) is 0.387. The largest absolute Gasteiger partial charge is 0.488 e. The molecule has 0 saturated carbocycles. The zero-order valence-electron chi connectivity index (χ0n) is 24.8. The topological polar surface area (TPSA) is 144 Å². The minimum Gasteiger partial charge on any atom is -0.488 e. The van der Waals surface area contributed by atoms with Crippen molar-refractivity contribution in [1.82, 2.24) is 14.9 Å². The maximum atomic E-state index is 12.9. The molecule has 2 aliphatic heterocycles. The van der Waals surface area contributed by atoms with Gasteiger partial charge in [0, 0.05) is 48.7 Å². The van der Waals surface area contributed by atoms with Gasteiger partial charge in [0.05, 0.1) is 39.6 Å². The van der Waals surface area contributed by atoms with Gasteiger partial charge in [-0.3, -0.25) is 4.79 Å². The SMILES string of the molecule is CCOC(=O)c1nc(-c2ccc(NC(=O)Nc3ccc(C(=O)N4CCOCC4)cc3)cc2)nc(N2CCOCC2)c1OCC. The third-order valence-electron chi connectivity index (χ3n) is 7.00. The molecule has 3 aromatic rings. The molecule has 0 spiro atoms. The van der Waals surface area contributed by atoms with Crippen molar-refractivity contribution in [2.24, 2.45) is 0 Å². The Hall–Kier alpha value is -4.75. The molecule has 1 aromatic heterocycles. The monoisotopic (exact) mass is 604 g/mol. The van der Waals surface area contributed by atoms with E-state index in [9.17, 15) is 14.4 Å². The fourth-order valence-corrected chi connectivity index (χ4v) is 4.81. The fourth-order valence-electron chi connectivity index (χ4n) is 4.81. The van der Waals surface area contributed by atoms with Crippen molar-refractivity contribution in [3.8, 4) is 17.1 Å². The summed E-state index contributed by atoms with van der Waals surface area (Å²) < 4.78 is 21.9. The Morgan fingerprint density at radius 2 is 1.39 bits per heavy atom. The Balaban J connectivity index is 1.29. The summed E-state index contributed by atoms with van der Waals surface area (Å²) >= 11 is 0. The Morgan fingerprint density at radius 1 is 0.795 bits per heavy atom. The van der Waals surface area contributed by atoms with Gasteiger partial charge >= 0.3 is 12.0 Å². The predicted octanol–water partition coefficient (Wildman–Crippen LogP) is 3.67. The second-order valence-corrected chi connectivity index (χ2v) is 9.94. The smallest absolute Gasteiger partial charge is 0.361 e. The van der Waals surface area contributed by atoms with Crippen molar-refractivity contribution in [3.05, 3.63) is 59.8 Å². The van der Waals surface area contributed by atoms with Crippen LogP contribution in [0, 0.1) is 0 Å². The van der Waals surface area contributed by atoms with Crippen LogP contribution >= 0.6 is 0 Å². The lowest BCUT2D eigenvalue weighted by Gasteiger charge is -2.29. The molecule has 2 saturated heterocycles. The van der Waals surface area contributed by atoms with Crippen LogP contribution in [0.2, 0.25) is 0 Å². The van der Waals surface area contributed by atoms with Crippen LogP contribution in [0.1, 0.15) is 34.7 Å². The molecule has 3 heterocycles. The molecule has 2 fully saturated rings. The van der Waals surface area contributed by atoms with E-state index in [2.05, 4.69) is 15.6 Å². The molecule has 0 bridgehead atoms. The molecule has 232 valence electrons. The van der Waals surface area contributed by atoms with Gasteiger partial charge in [-0.2, -0.15) is 0 Å². The average molecular weight is 605 g/mol. The number of carbonyl (C=O) groups excluding carboxylic acids is 3. The normalized spacial score (nSPS) is 15.0. The van der Waals surface area contributed by atoms with Crippen molar-refractivity contribution >= 4 is 35.1 Å². The molecule has 44 heavy (non-hydrogen) atoms. The van der Waals surface area contributed by atoms with Gasteiger partial charge in [-0.15, -0.1) is 0 Å². The van der Waals surface area contributed by atoms with E-state index in [-0.39, 0.29) is 24.0 Å². The van der Waals surface area contributed by atoms with E-state index in [4.69, 9.17) is 23.9 Å². The number of carbonyl (C=O) groups is 3. The maximum absolute atomic E-state index is 12.9. The molecule has 5 rings (SSSR count). The number of urea groups is 1. The number of ether oxygens (including phenoxy) is 4. The van der Waals surface area contributed by atoms with Crippen LogP contribution in [0.4, 0.5) is 22.0 Å². The second kappa shape index (κ2) is 14.6. The van der Waals surface area contributed by atoms with Gasteiger partial charge in [0.1, 0.15) is 0 Å². The third-order valence-corrected chi connectivity index (χ3v) is 7.00. The first-order valence-corrected chi connectivity index (χ1v) is 14.7. The number of nitrogens with zero attached hydrogens (tertiary/aromatic N) is 4. The Kier molecular flexibility index (Phi) is 10.2. The maximum Gasteiger partial charge on any atom is 0.361 e. The molecular formula is C31H36N6O7. The lowest BCUT2D eigenvalue weighted by molar-refractivity contribution is 0.0303. The third kappa shape index (κ3) is 7.41. The Morgan fingerprint density at radius 3 is 1.98 bits per heavy atom. The van der Waals surface area contributed by atoms with E-state index in [1.807, 2.05) is 11.8 Å². The number of nitrogens with one attached hydrogen (secondary N) is 2. The highest BCUT2D eigenvalue weighted by molar-refractivity contribution is 6.00. The summed E-state index contributed by atoms with van der Waals surface area (Å²) in [7, 11) is 0. The Labute approximate surface area is 255 Å². The summed E-state index contributed by atoms with van der Waals surface area (Å²) in [5.41, 5.74) is 2.32. The van der Waals surface area contributed by atoms with Gasteiger partial charge in [0.2, 0.25) is 0 Å². The van der Waals surface area contributed by atoms with E-state index in [1.54, 1.807) is 60.4 Å². The molecule has 2 aliphatic rings. The van der Waals surface area contributed by atoms with E-state index in [1.165, 1.54) is 0 Å². The van der Waals surface area contributed by atoms with Crippen LogP contribution in [0.3, 0.4) is 0 Å². The number of aromatic nitrogens is 2. The summed E-state index contributed by atoms with van der Waals surface area (Å²) in [5, 5.41) is 5.57. The number of esters is 1. The van der Waals surface area contributed by atoms with E-state index in [0.29, 0.717) is 93.4 Å². The van der Waals surface area contributed by atoms with Crippen molar-refractivity contribution in [2.75, 3.05) is 81.4 Å². The molecule has 0 atom stereocenters. The molecule has 3 amide bonds. The van der Waals surface area contributed by atoms with Crippen molar-refractivity contribution in [1.29, 1.82) is 0 Å². The molecule has 2 N–H and O–H groups in total. The van der Waals surface area contributed by atoms with Crippen molar-refractivity contribution < 1.29 is 33.3 Å². The minimum absolute atomic E-state index is 0.0550. The quantitative estimate of drug-likeness (QED) is 0.347. The second-order valence-electron chi connectivity index (χ2n) is 9.94. The zero-order valence-corrected chi connectivity index (χ0v) is 24.8. The number of anilines is 3. The van der Waals surface area contributed by atoms with Gasteiger partial charge in [0.15, 0.2) is 23.1 Å². The summed E-state index contributed by atoms with van der Waals surface area (Å²) in [6, 6.07) is 13.3. The summed E-state index contributed by atoms with van der Waals surface area (Å²) in [5.74, 6) is 0.447. The van der Waals surface area contributed by atoms with Gasteiger partial charge < -0.3 is 39.4 Å². The zero-order chi connectivity index (χ0) is 30.9. The first-order chi connectivity index (χ1) is 21.5. The van der Waals surface area contributed by atoms with Crippen LogP contribution in [0.15, 0.2) is 48.5 Å². The molecular weight excluding hydrogens is 568 g/mol. The molecule has 2 aromatic carbocycles. The van der Waals surface area contributed by atoms with Gasteiger partial charge in [-0.1, -0.05) is 0 Å². The van der Waals surface area contributed by atoms with Gasteiger partial charge in [0.25, 0.3) is 5.91 Å². The van der Waals surface area contributed by atoms with E-state index in [0.717, 1.165) is 0 Å². The Bertz CT molecular complexity index is 1450. The van der Waals surface area contributed by atoms with E-state index >= 15 is 0 Å². The number of morpholine rings is 2. The minimum atomic E-state index is -0.595. The van der Waals surface area contributed by atoms with Crippen LogP contribution in [0.5, 0.6) is 5.75 Å². The molecule has 0 aliphatic carbocycles. The van der Waals surface area contributed by atoms with Crippen LogP contribution in [0.25, 0.3) is 11.4 Å². The predicted molar refractivity (Wildman–Crippen MR) is 163 cm³/mol. The number of rotatable bonds is 9. The lowest BCUT2D eigenvalue weighted by atomic mass is 10.1. The number of hydrogen-bond donors (Lipinski definition) is 2.